The number of rotatable bonds is 6. The van der Waals surface area contributed by atoms with Crippen LogP contribution in [0, 0.1) is 5.92 Å². The molecule has 15 heavy (non-hydrogen) atoms. The van der Waals surface area contributed by atoms with E-state index >= 15 is 0 Å². The van der Waals surface area contributed by atoms with Gasteiger partial charge in [-0.2, -0.15) is 0 Å². The summed E-state index contributed by atoms with van der Waals surface area (Å²) in [7, 11) is 5.81. The van der Waals surface area contributed by atoms with Crippen LogP contribution in [0.5, 0.6) is 0 Å². The maximum absolute atomic E-state index is 12.0. The van der Waals surface area contributed by atoms with Crippen molar-refractivity contribution in [3.63, 3.8) is 0 Å². The van der Waals surface area contributed by atoms with Crippen molar-refractivity contribution >= 4 is 5.97 Å². The third-order valence-corrected chi connectivity index (χ3v) is 2.93. The van der Waals surface area contributed by atoms with E-state index in [4.69, 9.17) is 4.74 Å². The topological polar surface area (TPSA) is 41.6 Å². The Morgan fingerprint density at radius 1 is 1.53 bits per heavy atom. The van der Waals surface area contributed by atoms with Crippen molar-refractivity contribution in [2.24, 2.45) is 5.92 Å². The fourth-order valence-electron chi connectivity index (χ4n) is 2.08. The second-order valence-corrected chi connectivity index (χ2v) is 4.45. The van der Waals surface area contributed by atoms with Crippen LogP contribution in [0.15, 0.2) is 0 Å². The molecule has 88 valence electrons. The summed E-state index contributed by atoms with van der Waals surface area (Å²) in [5.74, 6) is 0.327. The van der Waals surface area contributed by atoms with E-state index in [0.717, 1.165) is 12.8 Å². The highest BCUT2D eigenvalue weighted by molar-refractivity contribution is 5.82. The van der Waals surface area contributed by atoms with Crippen LogP contribution >= 0.6 is 0 Å². The number of hydrogen-bond acceptors (Lipinski definition) is 4. The quantitative estimate of drug-likeness (QED) is 0.653. The largest absolute Gasteiger partial charge is 0.465 e. The maximum Gasteiger partial charge on any atom is 0.327 e. The lowest BCUT2D eigenvalue weighted by Gasteiger charge is -2.33. The molecule has 0 aromatic rings. The number of nitrogens with one attached hydrogen (secondary N) is 1. The van der Waals surface area contributed by atoms with E-state index in [0.29, 0.717) is 19.1 Å². The lowest BCUT2D eigenvalue weighted by molar-refractivity contribution is -0.152. The molecule has 4 heteroatoms. The second kappa shape index (κ2) is 4.94. The molecule has 0 spiro atoms. The van der Waals surface area contributed by atoms with E-state index in [-0.39, 0.29) is 5.97 Å². The van der Waals surface area contributed by atoms with Crippen LogP contribution in [0.25, 0.3) is 0 Å². The Labute approximate surface area is 92.0 Å². The van der Waals surface area contributed by atoms with Gasteiger partial charge in [-0.1, -0.05) is 0 Å². The van der Waals surface area contributed by atoms with Gasteiger partial charge < -0.3 is 15.0 Å². The number of carbonyl (C=O) groups excluding carboxylic acids is 1. The molecule has 1 aliphatic carbocycles. The van der Waals surface area contributed by atoms with Crippen LogP contribution in [0.1, 0.15) is 19.8 Å². The summed E-state index contributed by atoms with van der Waals surface area (Å²) in [5, 5.41) is 3.18. The molecule has 0 amide bonds. The molecule has 0 bridgehead atoms. The van der Waals surface area contributed by atoms with Crippen molar-refractivity contribution in [3.8, 4) is 0 Å². The molecule has 1 rings (SSSR count). The molecule has 0 heterocycles. The second-order valence-electron chi connectivity index (χ2n) is 4.45. The van der Waals surface area contributed by atoms with E-state index < -0.39 is 5.54 Å². The van der Waals surface area contributed by atoms with Gasteiger partial charge >= 0.3 is 5.97 Å². The van der Waals surface area contributed by atoms with Gasteiger partial charge in [0.1, 0.15) is 5.54 Å². The normalized spacial score (nSPS) is 20.1. The van der Waals surface area contributed by atoms with E-state index in [1.165, 1.54) is 0 Å². The number of hydrogen-bond donors (Lipinski definition) is 1. The fourth-order valence-corrected chi connectivity index (χ4v) is 2.08. The number of likely N-dealkylation sites (N-methyl/N-ethyl adjacent to an activating group) is 2. The molecular formula is C11H22N2O2. The van der Waals surface area contributed by atoms with E-state index in [2.05, 4.69) is 5.32 Å². The van der Waals surface area contributed by atoms with Gasteiger partial charge in [-0.15, -0.1) is 0 Å². The van der Waals surface area contributed by atoms with Crippen LogP contribution < -0.4 is 5.32 Å². The Bertz CT molecular complexity index is 227. The predicted octanol–water partition coefficient (Wildman–Crippen LogP) is 0.479. The highest BCUT2D eigenvalue weighted by Gasteiger charge is 2.51. The van der Waals surface area contributed by atoms with E-state index in [9.17, 15) is 4.79 Å². The summed E-state index contributed by atoms with van der Waals surface area (Å²) < 4.78 is 5.17. The van der Waals surface area contributed by atoms with Crippen molar-refractivity contribution in [3.05, 3.63) is 0 Å². The fraction of sp³-hybridized carbons (Fsp3) is 0.909. The molecule has 0 saturated heterocycles. The maximum atomic E-state index is 12.0. The lowest BCUT2D eigenvalue weighted by atomic mass is 9.93. The zero-order chi connectivity index (χ0) is 11.5. The third kappa shape index (κ3) is 2.69. The zero-order valence-electron chi connectivity index (χ0n) is 10.2. The molecule has 1 saturated carbocycles. The van der Waals surface area contributed by atoms with Gasteiger partial charge in [0.15, 0.2) is 0 Å². The van der Waals surface area contributed by atoms with Crippen molar-refractivity contribution in [1.82, 2.24) is 10.2 Å². The molecule has 0 aliphatic heterocycles. The molecule has 1 unspecified atom stereocenters. The first-order chi connectivity index (χ1) is 7.06. The van der Waals surface area contributed by atoms with Gasteiger partial charge in [0.25, 0.3) is 0 Å². The smallest absolute Gasteiger partial charge is 0.327 e. The first kappa shape index (κ1) is 12.5. The summed E-state index contributed by atoms with van der Waals surface area (Å²) in [6.45, 7) is 3.00. The summed E-state index contributed by atoms with van der Waals surface area (Å²) in [4.78, 5) is 14.0. The van der Waals surface area contributed by atoms with E-state index in [1.54, 1.807) is 0 Å². The Kier molecular flexibility index (Phi) is 4.11. The molecule has 0 radical (unpaired) electrons. The summed E-state index contributed by atoms with van der Waals surface area (Å²) >= 11 is 0. The monoisotopic (exact) mass is 214 g/mol. The predicted molar refractivity (Wildman–Crippen MR) is 59.7 cm³/mol. The van der Waals surface area contributed by atoms with Gasteiger partial charge in [0.2, 0.25) is 0 Å². The van der Waals surface area contributed by atoms with Crippen LogP contribution in [0.2, 0.25) is 0 Å². The van der Waals surface area contributed by atoms with Crippen LogP contribution in [-0.4, -0.2) is 50.7 Å². The first-order valence-electron chi connectivity index (χ1n) is 5.57. The summed E-state index contributed by atoms with van der Waals surface area (Å²) in [5.41, 5.74) is -0.500. The highest BCUT2D eigenvalue weighted by Crippen LogP contribution is 2.40. The first-order valence-corrected chi connectivity index (χ1v) is 5.57. The standard InChI is InChI=1S/C11H22N2O2/c1-5-15-10(14)11(12-2,8-13(3)4)9-6-7-9/h9,12H,5-8H2,1-4H3. The van der Waals surface area contributed by atoms with E-state index in [1.807, 2.05) is 33.0 Å². The Morgan fingerprint density at radius 2 is 2.13 bits per heavy atom. The van der Waals surface area contributed by atoms with Crippen LogP contribution in [-0.2, 0) is 9.53 Å². The van der Waals surface area contributed by atoms with Crippen LogP contribution in [0.4, 0.5) is 0 Å². The zero-order valence-corrected chi connectivity index (χ0v) is 10.2. The van der Waals surface area contributed by atoms with Gasteiger partial charge in [-0.25, -0.2) is 4.79 Å². The number of nitrogens with zero attached hydrogens (tertiary/aromatic N) is 1. The summed E-state index contributed by atoms with van der Waals surface area (Å²) in [6, 6.07) is 0. The molecule has 1 atom stereocenters. The average Bonchev–Trinajstić information content (AvgIpc) is 2.97. The molecule has 0 aromatic heterocycles. The van der Waals surface area contributed by atoms with Gasteiger partial charge in [0, 0.05) is 6.54 Å². The van der Waals surface area contributed by atoms with Crippen molar-refractivity contribution in [2.45, 2.75) is 25.3 Å². The minimum Gasteiger partial charge on any atom is -0.465 e. The number of carbonyl (C=O) groups is 1. The van der Waals surface area contributed by atoms with Crippen LogP contribution in [0.3, 0.4) is 0 Å². The Hall–Kier alpha value is -0.610. The van der Waals surface area contributed by atoms with Gasteiger partial charge in [-0.05, 0) is 46.8 Å². The Balaban J connectivity index is 2.77. The highest BCUT2D eigenvalue weighted by atomic mass is 16.5. The molecule has 0 aromatic carbocycles. The lowest BCUT2D eigenvalue weighted by Crippen LogP contribution is -2.59. The van der Waals surface area contributed by atoms with Gasteiger partial charge in [0.05, 0.1) is 6.61 Å². The SMILES string of the molecule is CCOC(=O)C(CN(C)C)(NC)C1CC1. The minimum atomic E-state index is -0.500. The molecule has 1 aliphatic rings. The number of ether oxygens (including phenoxy) is 1. The van der Waals surface area contributed by atoms with Crippen molar-refractivity contribution < 1.29 is 9.53 Å². The Morgan fingerprint density at radius 3 is 2.47 bits per heavy atom. The molecular weight excluding hydrogens is 192 g/mol. The molecule has 4 nitrogen and oxygen atoms in total. The molecule has 1 fully saturated rings. The third-order valence-electron chi connectivity index (χ3n) is 2.93. The average molecular weight is 214 g/mol. The minimum absolute atomic E-state index is 0.108. The molecule has 1 N–H and O–H groups in total. The number of esters is 1. The summed E-state index contributed by atoms with van der Waals surface area (Å²) in [6.07, 6.45) is 2.24. The van der Waals surface area contributed by atoms with Gasteiger partial charge in [-0.3, -0.25) is 0 Å². The van der Waals surface area contributed by atoms with Crippen molar-refractivity contribution in [2.75, 3.05) is 34.3 Å². The van der Waals surface area contributed by atoms with Crippen molar-refractivity contribution in [1.29, 1.82) is 0 Å².